The van der Waals surface area contributed by atoms with Gasteiger partial charge in [0.25, 0.3) is 0 Å². The summed E-state index contributed by atoms with van der Waals surface area (Å²) in [5.41, 5.74) is 5.58. The second-order valence-electron chi connectivity index (χ2n) is 4.33. The third kappa shape index (κ3) is 1.54. The third-order valence-corrected chi connectivity index (χ3v) is 3.40. The van der Waals surface area contributed by atoms with Crippen LogP contribution < -0.4 is 5.73 Å². The predicted molar refractivity (Wildman–Crippen MR) is 58.6 cm³/mol. The zero-order valence-corrected chi connectivity index (χ0v) is 8.87. The van der Waals surface area contributed by atoms with Crippen molar-refractivity contribution in [3.63, 3.8) is 0 Å². The number of rotatable bonds is 2. The van der Waals surface area contributed by atoms with Crippen molar-refractivity contribution < 1.29 is 14.3 Å². The van der Waals surface area contributed by atoms with E-state index < -0.39 is 17.2 Å². The predicted octanol–water partition coefficient (Wildman–Crippen LogP) is 2.30. The van der Waals surface area contributed by atoms with Gasteiger partial charge in [0.1, 0.15) is 5.82 Å². The Morgan fingerprint density at radius 3 is 2.56 bits per heavy atom. The topological polar surface area (TPSA) is 63.3 Å². The summed E-state index contributed by atoms with van der Waals surface area (Å²) in [4.78, 5) is 11.4. The molecule has 0 bridgehead atoms. The Kier molecular flexibility index (Phi) is 2.58. The van der Waals surface area contributed by atoms with Gasteiger partial charge in [-0.2, -0.15) is 0 Å². The first kappa shape index (κ1) is 10.9. The van der Waals surface area contributed by atoms with Gasteiger partial charge in [0, 0.05) is 5.69 Å². The van der Waals surface area contributed by atoms with Gasteiger partial charge in [-0.1, -0.05) is 12.8 Å². The lowest BCUT2D eigenvalue weighted by atomic mass is 9.78. The SMILES string of the molecule is Nc1ccc(F)cc1C1(C(=O)O)CCCC1. The van der Waals surface area contributed by atoms with Crippen LogP contribution in [0.15, 0.2) is 18.2 Å². The zero-order chi connectivity index (χ0) is 11.8. The molecule has 0 spiro atoms. The molecular weight excluding hydrogens is 209 g/mol. The van der Waals surface area contributed by atoms with Crippen LogP contribution >= 0.6 is 0 Å². The van der Waals surface area contributed by atoms with Gasteiger partial charge in [0.05, 0.1) is 5.41 Å². The molecule has 86 valence electrons. The van der Waals surface area contributed by atoms with E-state index >= 15 is 0 Å². The molecule has 4 heteroatoms. The molecule has 0 heterocycles. The number of halogens is 1. The van der Waals surface area contributed by atoms with E-state index in [2.05, 4.69) is 0 Å². The van der Waals surface area contributed by atoms with Crippen molar-refractivity contribution in [2.45, 2.75) is 31.1 Å². The normalized spacial score (nSPS) is 18.6. The van der Waals surface area contributed by atoms with Gasteiger partial charge >= 0.3 is 5.97 Å². The second-order valence-corrected chi connectivity index (χ2v) is 4.33. The van der Waals surface area contributed by atoms with Crippen LogP contribution in [-0.4, -0.2) is 11.1 Å². The maximum absolute atomic E-state index is 13.2. The van der Waals surface area contributed by atoms with Crippen LogP contribution in [0.1, 0.15) is 31.2 Å². The van der Waals surface area contributed by atoms with E-state index in [0.29, 0.717) is 24.1 Å². The molecule has 3 N–H and O–H groups in total. The number of carboxylic acid groups (broad SMARTS) is 1. The van der Waals surface area contributed by atoms with E-state index in [9.17, 15) is 14.3 Å². The van der Waals surface area contributed by atoms with E-state index in [1.54, 1.807) is 0 Å². The number of carboxylic acids is 1. The van der Waals surface area contributed by atoms with Crippen LogP contribution in [0.3, 0.4) is 0 Å². The van der Waals surface area contributed by atoms with Gasteiger partial charge in [-0.15, -0.1) is 0 Å². The van der Waals surface area contributed by atoms with Crippen LogP contribution in [0.25, 0.3) is 0 Å². The lowest BCUT2D eigenvalue weighted by molar-refractivity contribution is -0.143. The Labute approximate surface area is 93.1 Å². The molecule has 1 saturated carbocycles. The quantitative estimate of drug-likeness (QED) is 0.756. The summed E-state index contributed by atoms with van der Waals surface area (Å²) in [5.74, 6) is -1.33. The number of anilines is 1. The molecule has 1 aromatic rings. The molecule has 2 rings (SSSR count). The maximum atomic E-state index is 13.2. The van der Waals surface area contributed by atoms with Crippen molar-refractivity contribution in [1.29, 1.82) is 0 Å². The molecule has 0 saturated heterocycles. The molecule has 1 aromatic carbocycles. The molecule has 0 atom stereocenters. The molecule has 1 fully saturated rings. The van der Waals surface area contributed by atoms with Crippen LogP contribution in [0.2, 0.25) is 0 Å². The molecule has 0 radical (unpaired) electrons. The first-order valence-electron chi connectivity index (χ1n) is 5.35. The number of benzene rings is 1. The van der Waals surface area contributed by atoms with Gasteiger partial charge in [0.2, 0.25) is 0 Å². The highest BCUT2D eigenvalue weighted by Gasteiger charge is 2.44. The van der Waals surface area contributed by atoms with E-state index in [1.807, 2.05) is 0 Å². The molecule has 0 aliphatic heterocycles. The molecule has 0 unspecified atom stereocenters. The van der Waals surface area contributed by atoms with Crippen LogP contribution in [0, 0.1) is 5.82 Å². The van der Waals surface area contributed by atoms with Gasteiger partial charge in [0.15, 0.2) is 0 Å². The van der Waals surface area contributed by atoms with Crippen molar-refractivity contribution >= 4 is 11.7 Å². The molecule has 1 aliphatic rings. The highest BCUT2D eigenvalue weighted by molar-refractivity contribution is 5.84. The van der Waals surface area contributed by atoms with Gasteiger partial charge in [-0.3, -0.25) is 4.79 Å². The van der Waals surface area contributed by atoms with Crippen molar-refractivity contribution in [1.82, 2.24) is 0 Å². The summed E-state index contributed by atoms with van der Waals surface area (Å²) in [5, 5.41) is 9.35. The Morgan fingerprint density at radius 1 is 1.38 bits per heavy atom. The number of hydrogen-bond acceptors (Lipinski definition) is 2. The minimum Gasteiger partial charge on any atom is -0.481 e. The number of hydrogen-bond donors (Lipinski definition) is 2. The fourth-order valence-electron chi connectivity index (χ4n) is 2.52. The Bertz CT molecular complexity index is 425. The van der Waals surface area contributed by atoms with Gasteiger partial charge in [-0.05, 0) is 36.6 Å². The lowest BCUT2D eigenvalue weighted by Crippen LogP contribution is -2.33. The van der Waals surface area contributed by atoms with Crippen molar-refractivity contribution in [3.05, 3.63) is 29.6 Å². The first-order chi connectivity index (χ1) is 7.56. The molecule has 0 amide bonds. The van der Waals surface area contributed by atoms with Crippen molar-refractivity contribution in [2.75, 3.05) is 5.73 Å². The van der Waals surface area contributed by atoms with E-state index in [4.69, 9.17) is 5.73 Å². The zero-order valence-electron chi connectivity index (χ0n) is 8.87. The number of carbonyl (C=O) groups is 1. The highest BCUT2D eigenvalue weighted by Crippen LogP contribution is 2.43. The van der Waals surface area contributed by atoms with Crippen LogP contribution in [-0.2, 0) is 10.2 Å². The molecule has 1 aliphatic carbocycles. The summed E-state index contributed by atoms with van der Waals surface area (Å²) in [7, 11) is 0. The molecule has 0 aromatic heterocycles. The summed E-state index contributed by atoms with van der Waals surface area (Å²) in [6.45, 7) is 0. The largest absolute Gasteiger partial charge is 0.481 e. The van der Waals surface area contributed by atoms with E-state index in [1.165, 1.54) is 18.2 Å². The standard InChI is InChI=1S/C12H14FNO2/c13-8-3-4-10(14)9(7-8)12(11(15)16)5-1-2-6-12/h3-4,7H,1-2,5-6,14H2,(H,15,16). The average molecular weight is 223 g/mol. The number of nitrogen functional groups attached to an aromatic ring is 1. The van der Waals surface area contributed by atoms with Crippen LogP contribution in [0.5, 0.6) is 0 Å². The van der Waals surface area contributed by atoms with Gasteiger partial charge < -0.3 is 10.8 Å². The molecular formula is C12H14FNO2. The fraction of sp³-hybridized carbons (Fsp3) is 0.417. The summed E-state index contributed by atoms with van der Waals surface area (Å²) < 4.78 is 13.2. The monoisotopic (exact) mass is 223 g/mol. The second kappa shape index (κ2) is 3.77. The average Bonchev–Trinajstić information content (AvgIpc) is 2.71. The summed E-state index contributed by atoms with van der Waals surface area (Å²) in [6, 6.07) is 3.95. The van der Waals surface area contributed by atoms with Crippen molar-refractivity contribution in [2.24, 2.45) is 0 Å². The summed E-state index contributed by atoms with van der Waals surface area (Å²) in [6.07, 6.45) is 2.77. The van der Waals surface area contributed by atoms with E-state index in [0.717, 1.165) is 12.8 Å². The first-order valence-corrected chi connectivity index (χ1v) is 5.35. The smallest absolute Gasteiger partial charge is 0.314 e. The van der Waals surface area contributed by atoms with Gasteiger partial charge in [-0.25, -0.2) is 4.39 Å². The lowest BCUT2D eigenvalue weighted by Gasteiger charge is -2.25. The molecule has 16 heavy (non-hydrogen) atoms. The Hall–Kier alpha value is -1.58. The maximum Gasteiger partial charge on any atom is 0.314 e. The highest BCUT2D eigenvalue weighted by atomic mass is 19.1. The number of aliphatic carboxylic acids is 1. The van der Waals surface area contributed by atoms with E-state index in [-0.39, 0.29) is 0 Å². The Balaban J connectivity index is 2.55. The minimum absolute atomic E-state index is 0.366. The minimum atomic E-state index is -0.980. The Morgan fingerprint density at radius 2 is 2.00 bits per heavy atom. The van der Waals surface area contributed by atoms with Crippen molar-refractivity contribution in [3.8, 4) is 0 Å². The summed E-state index contributed by atoms with van der Waals surface area (Å²) >= 11 is 0. The fourth-order valence-corrected chi connectivity index (χ4v) is 2.52. The number of nitrogens with two attached hydrogens (primary N) is 1. The third-order valence-electron chi connectivity index (χ3n) is 3.40. The molecule has 3 nitrogen and oxygen atoms in total. The van der Waals surface area contributed by atoms with Crippen LogP contribution in [0.4, 0.5) is 10.1 Å².